The molecule has 1 aromatic carbocycles. The molecule has 1 atom stereocenters. The first-order valence-electron chi connectivity index (χ1n) is 8.03. The average molecular weight is 503 g/mol. The number of pyridine rings is 1. The molecule has 1 aliphatic heterocycles. The summed E-state index contributed by atoms with van der Waals surface area (Å²) < 4.78 is 16.4. The highest BCUT2D eigenvalue weighted by Crippen LogP contribution is 2.40. The zero-order chi connectivity index (χ0) is 19.9. The van der Waals surface area contributed by atoms with E-state index in [9.17, 15) is 14.3 Å². The summed E-state index contributed by atoms with van der Waals surface area (Å²) >= 11 is 8.32. The Labute approximate surface area is 174 Å². The lowest BCUT2D eigenvalue weighted by atomic mass is 10.1. The summed E-state index contributed by atoms with van der Waals surface area (Å²) in [6.45, 7) is 5.96. The second kappa shape index (κ2) is 7.61. The summed E-state index contributed by atoms with van der Waals surface area (Å²) in [6.07, 6.45) is 0.878. The van der Waals surface area contributed by atoms with E-state index in [2.05, 4.69) is 16.9 Å². The van der Waals surface area contributed by atoms with E-state index in [-0.39, 0.29) is 22.9 Å². The zero-order valence-corrected chi connectivity index (χ0v) is 17.5. The molecule has 2 heterocycles. The highest BCUT2D eigenvalue weighted by atomic mass is 127. The van der Waals surface area contributed by atoms with Crippen molar-refractivity contribution in [2.24, 2.45) is 12.0 Å². The Kier molecular flexibility index (Phi) is 5.59. The SMILES string of the molecule is C=C1c2c(Nc3ccc(I)cc3F)c(Cl)c(=O)n(C)c2N=CN1CC(C)O. The minimum atomic E-state index is -0.622. The van der Waals surface area contributed by atoms with Gasteiger partial charge in [0.1, 0.15) is 16.7 Å². The van der Waals surface area contributed by atoms with Gasteiger partial charge in [-0.25, -0.2) is 9.38 Å². The zero-order valence-electron chi connectivity index (χ0n) is 14.6. The van der Waals surface area contributed by atoms with E-state index in [1.807, 2.05) is 22.6 Å². The number of halogens is 3. The fourth-order valence-corrected chi connectivity index (χ4v) is 3.51. The van der Waals surface area contributed by atoms with E-state index in [1.54, 1.807) is 31.0 Å². The van der Waals surface area contributed by atoms with Crippen LogP contribution in [0.1, 0.15) is 12.5 Å². The molecule has 0 spiro atoms. The maximum absolute atomic E-state index is 14.3. The third-order valence-corrected chi connectivity index (χ3v) is 5.13. The molecule has 0 radical (unpaired) electrons. The molecule has 1 aliphatic rings. The summed E-state index contributed by atoms with van der Waals surface area (Å²) in [4.78, 5) is 18.5. The van der Waals surface area contributed by atoms with Gasteiger partial charge in [0.2, 0.25) is 0 Å². The Balaban J connectivity index is 2.18. The van der Waals surface area contributed by atoms with Gasteiger partial charge in [-0.1, -0.05) is 18.2 Å². The van der Waals surface area contributed by atoms with Crippen LogP contribution in [-0.2, 0) is 7.05 Å². The fraction of sp³-hybridized carbons (Fsp3) is 0.222. The number of aliphatic hydroxyl groups excluding tert-OH is 1. The van der Waals surface area contributed by atoms with E-state index in [4.69, 9.17) is 11.6 Å². The standard InChI is InChI=1S/C18H17ClFIN4O2/c1-9(26)7-25-8-22-17-14(10(25)2)16(15(19)18(27)24(17)3)23-13-5-4-11(21)6-12(13)20/h4-6,8-9,23,26H,2,7H2,1,3H3. The molecule has 6 nitrogen and oxygen atoms in total. The average Bonchev–Trinajstić information content (AvgIpc) is 2.60. The lowest BCUT2D eigenvalue weighted by Gasteiger charge is -2.30. The number of nitrogens with zero attached hydrogens (tertiary/aromatic N) is 3. The quantitative estimate of drug-likeness (QED) is 0.623. The molecule has 0 saturated carbocycles. The van der Waals surface area contributed by atoms with Crippen LogP contribution >= 0.6 is 34.2 Å². The van der Waals surface area contributed by atoms with Gasteiger partial charge in [0.15, 0.2) is 0 Å². The van der Waals surface area contributed by atoms with Crippen LogP contribution < -0.4 is 10.9 Å². The molecule has 0 amide bonds. The van der Waals surface area contributed by atoms with Crippen LogP contribution in [0.15, 0.2) is 34.6 Å². The molecule has 0 bridgehead atoms. The number of hydrogen-bond acceptors (Lipinski definition) is 5. The second-order valence-corrected chi connectivity index (χ2v) is 7.82. The van der Waals surface area contributed by atoms with Crippen LogP contribution in [0.3, 0.4) is 0 Å². The number of rotatable bonds is 4. The Morgan fingerprint density at radius 3 is 2.81 bits per heavy atom. The number of benzene rings is 1. The molecule has 0 saturated heterocycles. The fourth-order valence-electron chi connectivity index (χ4n) is 2.79. The Morgan fingerprint density at radius 1 is 1.48 bits per heavy atom. The Morgan fingerprint density at radius 2 is 2.19 bits per heavy atom. The lowest BCUT2D eigenvalue weighted by Crippen LogP contribution is -2.32. The molecule has 1 unspecified atom stereocenters. The minimum Gasteiger partial charge on any atom is -0.392 e. The van der Waals surface area contributed by atoms with E-state index in [1.165, 1.54) is 17.0 Å². The highest BCUT2D eigenvalue weighted by Gasteiger charge is 2.27. The summed E-state index contributed by atoms with van der Waals surface area (Å²) in [5.41, 5.74) is 0.914. The summed E-state index contributed by atoms with van der Waals surface area (Å²) in [5, 5.41) is 12.5. The van der Waals surface area contributed by atoms with E-state index in [0.29, 0.717) is 17.1 Å². The minimum absolute atomic E-state index is 0.0931. The van der Waals surface area contributed by atoms with Gasteiger partial charge in [-0.15, -0.1) is 0 Å². The Bertz CT molecular complexity index is 1020. The molecule has 0 aliphatic carbocycles. The van der Waals surface area contributed by atoms with Gasteiger partial charge in [0.05, 0.1) is 29.4 Å². The molecule has 2 N–H and O–H groups in total. The predicted octanol–water partition coefficient (Wildman–Crippen LogP) is 3.85. The van der Waals surface area contributed by atoms with Crippen molar-refractivity contribution in [3.05, 3.63) is 55.1 Å². The molecule has 2 aromatic rings. The molecule has 1 aromatic heterocycles. The van der Waals surface area contributed by atoms with Crippen LogP contribution in [0, 0.1) is 9.39 Å². The van der Waals surface area contributed by atoms with E-state index in [0.717, 1.165) is 3.57 Å². The van der Waals surface area contributed by atoms with Crippen molar-refractivity contribution < 1.29 is 9.50 Å². The molecular weight excluding hydrogens is 486 g/mol. The molecule has 3 rings (SSSR count). The predicted molar refractivity (Wildman–Crippen MR) is 115 cm³/mol. The van der Waals surface area contributed by atoms with E-state index < -0.39 is 17.5 Å². The van der Waals surface area contributed by atoms with Gasteiger partial charge in [-0.05, 0) is 47.7 Å². The van der Waals surface area contributed by atoms with Crippen LogP contribution in [0.5, 0.6) is 0 Å². The number of aliphatic imine (C=N–C) groups is 1. The largest absolute Gasteiger partial charge is 0.392 e. The van der Waals surface area contributed by atoms with Crippen molar-refractivity contribution >= 4 is 63.4 Å². The summed E-state index contributed by atoms with van der Waals surface area (Å²) in [7, 11) is 1.55. The second-order valence-electron chi connectivity index (χ2n) is 6.19. The van der Waals surface area contributed by atoms with Gasteiger partial charge in [-0.2, -0.15) is 0 Å². The summed E-state index contributed by atoms with van der Waals surface area (Å²) in [6, 6.07) is 4.68. The molecule has 27 heavy (non-hydrogen) atoms. The first-order valence-corrected chi connectivity index (χ1v) is 9.49. The van der Waals surface area contributed by atoms with Crippen LogP contribution in [0.2, 0.25) is 5.02 Å². The third kappa shape index (κ3) is 3.74. The van der Waals surface area contributed by atoms with Crippen molar-refractivity contribution in [3.63, 3.8) is 0 Å². The van der Waals surface area contributed by atoms with Crippen molar-refractivity contribution in [2.75, 3.05) is 11.9 Å². The number of β-amino-alcohol motifs (C(OH)–C–C–N with tert-alkyl or cyclic N) is 1. The van der Waals surface area contributed by atoms with Crippen LogP contribution in [-0.4, -0.2) is 33.6 Å². The van der Waals surface area contributed by atoms with Crippen molar-refractivity contribution in [1.82, 2.24) is 9.47 Å². The van der Waals surface area contributed by atoms with Crippen molar-refractivity contribution in [3.8, 4) is 0 Å². The summed E-state index contributed by atoms with van der Waals surface area (Å²) in [5.74, 6) is -0.122. The first-order chi connectivity index (χ1) is 12.7. The van der Waals surface area contributed by atoms with Gasteiger partial charge in [0.25, 0.3) is 5.56 Å². The smallest absolute Gasteiger partial charge is 0.272 e. The lowest BCUT2D eigenvalue weighted by molar-refractivity contribution is 0.177. The number of aliphatic hydroxyl groups is 1. The normalized spacial score (nSPS) is 14.3. The van der Waals surface area contributed by atoms with E-state index >= 15 is 0 Å². The number of hydrogen-bond donors (Lipinski definition) is 2. The highest BCUT2D eigenvalue weighted by molar-refractivity contribution is 14.1. The number of aromatic nitrogens is 1. The molecule has 0 fully saturated rings. The van der Waals surface area contributed by atoms with Crippen LogP contribution in [0.25, 0.3) is 5.70 Å². The number of fused-ring (bicyclic) bond motifs is 1. The van der Waals surface area contributed by atoms with Gasteiger partial charge in [-0.3, -0.25) is 9.36 Å². The third-order valence-electron chi connectivity index (χ3n) is 4.11. The maximum atomic E-state index is 14.3. The van der Waals surface area contributed by atoms with Crippen molar-refractivity contribution in [2.45, 2.75) is 13.0 Å². The van der Waals surface area contributed by atoms with Crippen LogP contribution in [0.4, 0.5) is 21.6 Å². The first kappa shape index (κ1) is 19.8. The van der Waals surface area contributed by atoms with Gasteiger partial charge in [0, 0.05) is 22.9 Å². The monoisotopic (exact) mass is 502 g/mol. The Hall–Kier alpha value is -1.91. The molecule has 142 valence electrons. The topological polar surface area (TPSA) is 69.9 Å². The van der Waals surface area contributed by atoms with Crippen molar-refractivity contribution in [1.29, 1.82) is 0 Å². The molecular formula is C18H17ClFIN4O2. The van der Waals surface area contributed by atoms with Gasteiger partial charge >= 0.3 is 0 Å². The number of anilines is 2. The maximum Gasteiger partial charge on any atom is 0.272 e. The number of nitrogens with one attached hydrogen (secondary N) is 1. The van der Waals surface area contributed by atoms with Gasteiger partial charge < -0.3 is 15.3 Å². The molecule has 9 heteroatoms.